The van der Waals surface area contributed by atoms with Crippen molar-refractivity contribution in [3.05, 3.63) is 76.5 Å². The Balaban J connectivity index is 1.93. The second kappa shape index (κ2) is 9.12. The molecule has 3 rings (SSSR count). The number of rotatable bonds is 7. The number of likely N-dealkylation sites (N-methyl/N-ethyl adjacent to an activating group) is 3. The molecule has 31 heavy (non-hydrogen) atoms. The van der Waals surface area contributed by atoms with Crippen LogP contribution in [-0.2, 0) is 16.0 Å². The maximum atomic E-state index is 13.0. The summed E-state index contributed by atoms with van der Waals surface area (Å²) in [5, 5.41) is 21.2. The number of phenols is 1. The van der Waals surface area contributed by atoms with Gasteiger partial charge >= 0.3 is 0 Å². The molecule has 2 aromatic rings. The third-order valence-corrected chi connectivity index (χ3v) is 4.88. The third kappa shape index (κ3) is 4.25. The van der Waals surface area contributed by atoms with Gasteiger partial charge in [0.2, 0.25) is 11.6 Å². The van der Waals surface area contributed by atoms with Crippen LogP contribution < -0.4 is 21.3 Å². The first-order valence-corrected chi connectivity index (χ1v) is 9.54. The van der Waals surface area contributed by atoms with E-state index in [0.717, 1.165) is 0 Å². The standard InChI is InChI=1S/C22H23N5O4/c1-23-17-15(20(29)18(24-2)19(25-3)21(17)30)11-12-4-5-16(28)14(10-12)22(31)27-13-6-8-26-9-7-13/h4-10,23-25,28H,11H2,1-3H3,(H,26,27,31). The van der Waals surface area contributed by atoms with Crippen LogP contribution in [0.4, 0.5) is 5.69 Å². The van der Waals surface area contributed by atoms with Crippen LogP contribution in [0.3, 0.4) is 0 Å². The SMILES string of the molecule is CNC1=C(Cc2ccc(O)c(C(=O)Nc3ccncc3)c2)C(=O)C(NC)=C(NC)C1=O. The van der Waals surface area contributed by atoms with Crippen molar-refractivity contribution in [2.24, 2.45) is 0 Å². The minimum absolute atomic E-state index is 0.0517. The van der Waals surface area contributed by atoms with Gasteiger partial charge < -0.3 is 26.4 Å². The van der Waals surface area contributed by atoms with Crippen LogP contribution in [0.1, 0.15) is 15.9 Å². The van der Waals surface area contributed by atoms with E-state index in [1.807, 2.05) is 0 Å². The third-order valence-electron chi connectivity index (χ3n) is 4.88. The Morgan fingerprint density at radius 1 is 0.903 bits per heavy atom. The second-order valence-corrected chi connectivity index (χ2v) is 6.73. The summed E-state index contributed by atoms with van der Waals surface area (Å²) in [7, 11) is 4.72. The van der Waals surface area contributed by atoms with E-state index in [9.17, 15) is 19.5 Å². The van der Waals surface area contributed by atoms with Gasteiger partial charge in [-0.05, 0) is 29.8 Å². The Morgan fingerprint density at radius 3 is 2.13 bits per heavy atom. The van der Waals surface area contributed by atoms with Crippen molar-refractivity contribution in [3.8, 4) is 5.75 Å². The van der Waals surface area contributed by atoms with Crippen LogP contribution in [0.5, 0.6) is 5.75 Å². The van der Waals surface area contributed by atoms with Crippen molar-refractivity contribution in [1.82, 2.24) is 20.9 Å². The first-order chi connectivity index (χ1) is 14.9. The summed E-state index contributed by atoms with van der Waals surface area (Å²) in [6.45, 7) is 0. The number of allylic oxidation sites excluding steroid dienone is 1. The Kier molecular flexibility index (Phi) is 6.35. The number of amides is 1. The van der Waals surface area contributed by atoms with Gasteiger partial charge in [0, 0.05) is 51.2 Å². The van der Waals surface area contributed by atoms with Gasteiger partial charge in [0.15, 0.2) is 0 Å². The number of hydrogen-bond acceptors (Lipinski definition) is 8. The maximum absolute atomic E-state index is 13.0. The number of nitrogens with zero attached hydrogens (tertiary/aromatic N) is 1. The van der Waals surface area contributed by atoms with Crippen LogP contribution in [-0.4, -0.2) is 48.7 Å². The van der Waals surface area contributed by atoms with Crippen LogP contribution >= 0.6 is 0 Å². The largest absolute Gasteiger partial charge is 0.507 e. The molecule has 9 heteroatoms. The van der Waals surface area contributed by atoms with E-state index >= 15 is 0 Å². The lowest BCUT2D eigenvalue weighted by Gasteiger charge is -2.23. The topological polar surface area (TPSA) is 132 Å². The molecule has 0 saturated heterocycles. The van der Waals surface area contributed by atoms with Gasteiger partial charge in [-0.25, -0.2) is 0 Å². The minimum atomic E-state index is -0.507. The molecule has 1 aromatic heterocycles. The van der Waals surface area contributed by atoms with Gasteiger partial charge in [0.25, 0.3) is 5.91 Å². The van der Waals surface area contributed by atoms with Gasteiger partial charge in [0.05, 0.1) is 11.3 Å². The molecule has 0 saturated carbocycles. The lowest BCUT2D eigenvalue weighted by molar-refractivity contribution is -0.117. The summed E-state index contributed by atoms with van der Waals surface area (Å²) in [6.07, 6.45) is 3.17. The predicted molar refractivity (Wildman–Crippen MR) is 115 cm³/mol. The molecule has 0 atom stereocenters. The summed E-state index contributed by atoms with van der Waals surface area (Å²) in [5.41, 5.74) is 1.98. The average molecular weight is 421 g/mol. The van der Waals surface area contributed by atoms with Crippen molar-refractivity contribution < 1.29 is 19.5 Å². The average Bonchev–Trinajstić information content (AvgIpc) is 2.77. The van der Waals surface area contributed by atoms with Crippen LogP contribution in [0, 0.1) is 0 Å². The molecule has 1 heterocycles. The number of Topliss-reactive ketones (excluding diaryl/α,β-unsaturated/α-hetero) is 2. The molecule has 1 aromatic carbocycles. The smallest absolute Gasteiger partial charge is 0.259 e. The monoisotopic (exact) mass is 421 g/mol. The van der Waals surface area contributed by atoms with Crippen LogP contribution in [0.15, 0.2) is 65.4 Å². The quantitative estimate of drug-likeness (QED) is 0.416. The number of phenolic OH excluding ortho intramolecular Hbond substituents is 1. The zero-order chi connectivity index (χ0) is 22.5. The lowest BCUT2D eigenvalue weighted by Crippen LogP contribution is -2.38. The molecular weight excluding hydrogens is 398 g/mol. The number of benzene rings is 1. The normalized spacial score (nSPS) is 13.9. The van der Waals surface area contributed by atoms with Gasteiger partial charge in [-0.3, -0.25) is 19.4 Å². The van der Waals surface area contributed by atoms with Crippen molar-refractivity contribution >= 4 is 23.2 Å². The van der Waals surface area contributed by atoms with Crippen LogP contribution in [0.2, 0.25) is 0 Å². The van der Waals surface area contributed by atoms with Crippen molar-refractivity contribution in [1.29, 1.82) is 0 Å². The van der Waals surface area contributed by atoms with E-state index in [2.05, 4.69) is 26.3 Å². The fourth-order valence-electron chi connectivity index (χ4n) is 3.38. The van der Waals surface area contributed by atoms with E-state index in [4.69, 9.17) is 0 Å². The molecule has 0 fully saturated rings. The zero-order valence-electron chi connectivity index (χ0n) is 17.4. The number of pyridine rings is 1. The molecule has 5 N–H and O–H groups in total. The van der Waals surface area contributed by atoms with E-state index in [1.165, 1.54) is 24.5 Å². The lowest BCUT2D eigenvalue weighted by atomic mass is 9.89. The number of carbonyl (C=O) groups is 3. The first-order valence-electron chi connectivity index (χ1n) is 9.54. The number of carbonyl (C=O) groups excluding carboxylic acids is 3. The molecule has 1 amide bonds. The molecular formula is C22H23N5O4. The molecule has 0 aliphatic heterocycles. The van der Waals surface area contributed by atoms with Crippen molar-refractivity contribution in [2.45, 2.75) is 6.42 Å². The van der Waals surface area contributed by atoms with E-state index < -0.39 is 5.91 Å². The summed E-state index contributed by atoms with van der Waals surface area (Å²) < 4.78 is 0. The Hall–Kier alpha value is -4.14. The summed E-state index contributed by atoms with van der Waals surface area (Å²) >= 11 is 0. The number of anilines is 1. The van der Waals surface area contributed by atoms with Gasteiger partial charge in [0.1, 0.15) is 17.1 Å². The highest BCUT2D eigenvalue weighted by Gasteiger charge is 2.33. The van der Waals surface area contributed by atoms with Gasteiger partial charge in [-0.2, -0.15) is 0 Å². The molecule has 9 nitrogen and oxygen atoms in total. The van der Waals surface area contributed by atoms with E-state index in [0.29, 0.717) is 11.3 Å². The van der Waals surface area contributed by atoms with Crippen molar-refractivity contribution in [2.75, 3.05) is 26.5 Å². The van der Waals surface area contributed by atoms with E-state index in [1.54, 1.807) is 39.3 Å². The second-order valence-electron chi connectivity index (χ2n) is 6.73. The molecule has 160 valence electrons. The molecule has 1 aliphatic carbocycles. The predicted octanol–water partition coefficient (Wildman–Crippen LogP) is 0.858. The van der Waals surface area contributed by atoms with Gasteiger partial charge in [-0.15, -0.1) is 0 Å². The van der Waals surface area contributed by atoms with Crippen LogP contribution in [0.25, 0.3) is 0 Å². The molecule has 0 radical (unpaired) electrons. The minimum Gasteiger partial charge on any atom is -0.507 e. The number of aromatic nitrogens is 1. The van der Waals surface area contributed by atoms with Crippen molar-refractivity contribution in [3.63, 3.8) is 0 Å². The number of aromatic hydroxyl groups is 1. The first kappa shape index (κ1) is 21.6. The Labute approximate surface area is 179 Å². The zero-order valence-corrected chi connectivity index (χ0v) is 17.4. The maximum Gasteiger partial charge on any atom is 0.259 e. The highest BCUT2D eigenvalue weighted by atomic mass is 16.3. The summed E-state index contributed by atoms with van der Waals surface area (Å²) in [5.74, 6) is -1.37. The molecule has 0 bridgehead atoms. The highest BCUT2D eigenvalue weighted by Crippen LogP contribution is 2.26. The van der Waals surface area contributed by atoms with Gasteiger partial charge in [-0.1, -0.05) is 6.07 Å². The Morgan fingerprint density at radius 2 is 1.52 bits per heavy atom. The fourth-order valence-corrected chi connectivity index (χ4v) is 3.38. The highest BCUT2D eigenvalue weighted by molar-refractivity contribution is 6.24. The number of ketones is 2. The Bertz CT molecular complexity index is 1110. The number of hydrogen-bond donors (Lipinski definition) is 5. The summed E-state index contributed by atoms with van der Waals surface area (Å²) in [4.78, 5) is 42.3. The van der Waals surface area contributed by atoms with E-state index in [-0.39, 0.29) is 52.0 Å². The number of nitrogens with one attached hydrogen (secondary N) is 4. The fraction of sp³-hybridized carbons (Fsp3) is 0.182. The molecule has 0 unspecified atom stereocenters. The summed E-state index contributed by atoms with van der Waals surface area (Å²) in [6, 6.07) is 7.74. The molecule has 0 spiro atoms. The molecule has 1 aliphatic rings.